The molecule has 0 amide bonds. The lowest BCUT2D eigenvalue weighted by atomic mass is 10.3. The first kappa shape index (κ1) is 8.30. The van der Waals surface area contributed by atoms with Crippen LogP contribution in [-0.4, -0.2) is 0 Å². The molecule has 2 nitrogen and oxygen atoms in total. The number of furan rings is 1. The van der Waals surface area contributed by atoms with Crippen LogP contribution in [0.3, 0.4) is 0 Å². The summed E-state index contributed by atoms with van der Waals surface area (Å²) >= 11 is 6.50. The molecule has 4 heteroatoms. The van der Waals surface area contributed by atoms with Crippen molar-refractivity contribution in [2.45, 2.75) is 13.0 Å². The molecule has 0 spiro atoms. The van der Waals surface area contributed by atoms with Crippen LogP contribution in [0.25, 0.3) is 0 Å². The van der Waals surface area contributed by atoms with Gasteiger partial charge in [-0.05, 0) is 44.8 Å². The van der Waals surface area contributed by atoms with Gasteiger partial charge < -0.3 is 10.2 Å². The van der Waals surface area contributed by atoms with Crippen LogP contribution in [0.5, 0.6) is 0 Å². The number of halogens is 2. The zero-order valence-electron chi connectivity index (χ0n) is 5.40. The topological polar surface area (TPSA) is 39.2 Å². The normalized spacial score (nSPS) is 13.6. The Kier molecular flexibility index (Phi) is 2.55. The van der Waals surface area contributed by atoms with Crippen LogP contribution < -0.4 is 5.73 Å². The molecule has 1 aromatic heterocycles. The van der Waals surface area contributed by atoms with Crippen molar-refractivity contribution >= 4 is 31.9 Å². The van der Waals surface area contributed by atoms with Gasteiger partial charge in [-0.2, -0.15) is 0 Å². The van der Waals surface area contributed by atoms with E-state index in [4.69, 9.17) is 10.2 Å². The molecule has 1 heterocycles. The molecule has 0 saturated heterocycles. The predicted molar refractivity (Wildman–Crippen MR) is 46.7 cm³/mol. The molecule has 56 valence electrons. The lowest BCUT2D eigenvalue weighted by Gasteiger charge is -1.96. The maximum Gasteiger partial charge on any atom is 0.183 e. The Balaban J connectivity index is 2.98. The first-order valence-corrected chi connectivity index (χ1v) is 4.40. The summed E-state index contributed by atoms with van der Waals surface area (Å²) in [4.78, 5) is 0. The van der Waals surface area contributed by atoms with Gasteiger partial charge in [-0.3, -0.25) is 0 Å². The van der Waals surface area contributed by atoms with E-state index in [0.717, 1.165) is 10.2 Å². The molecule has 0 bridgehead atoms. The Bertz CT molecular complexity index is 212. The number of nitrogens with two attached hydrogens (primary N) is 1. The smallest absolute Gasteiger partial charge is 0.183 e. The Morgan fingerprint density at radius 3 is 2.40 bits per heavy atom. The highest BCUT2D eigenvalue weighted by molar-refractivity contribution is 9.13. The van der Waals surface area contributed by atoms with Crippen molar-refractivity contribution in [2.75, 3.05) is 0 Å². The molecule has 0 aliphatic rings. The van der Waals surface area contributed by atoms with E-state index < -0.39 is 0 Å². The molecule has 10 heavy (non-hydrogen) atoms. The van der Waals surface area contributed by atoms with Crippen molar-refractivity contribution < 1.29 is 4.42 Å². The largest absolute Gasteiger partial charge is 0.451 e. The summed E-state index contributed by atoms with van der Waals surface area (Å²) in [5.74, 6) is 0.777. The van der Waals surface area contributed by atoms with Gasteiger partial charge in [0.15, 0.2) is 4.67 Å². The molecule has 1 rings (SSSR count). The second kappa shape index (κ2) is 3.07. The van der Waals surface area contributed by atoms with E-state index in [2.05, 4.69) is 31.9 Å². The molecular formula is C6H7Br2NO. The number of hydrogen-bond acceptors (Lipinski definition) is 2. The molecule has 1 unspecified atom stereocenters. The van der Waals surface area contributed by atoms with E-state index in [0.29, 0.717) is 4.67 Å². The summed E-state index contributed by atoms with van der Waals surface area (Å²) in [6.07, 6.45) is 0. The van der Waals surface area contributed by atoms with Crippen molar-refractivity contribution in [3.63, 3.8) is 0 Å². The fourth-order valence-electron chi connectivity index (χ4n) is 0.588. The molecular weight excluding hydrogens is 262 g/mol. The van der Waals surface area contributed by atoms with Crippen LogP contribution in [0.4, 0.5) is 0 Å². The van der Waals surface area contributed by atoms with E-state index in [1.54, 1.807) is 0 Å². The zero-order chi connectivity index (χ0) is 7.72. The van der Waals surface area contributed by atoms with Gasteiger partial charge in [-0.25, -0.2) is 0 Å². The SMILES string of the molecule is CC(N)c1cc(Br)c(Br)o1. The van der Waals surface area contributed by atoms with Gasteiger partial charge in [0.2, 0.25) is 0 Å². The minimum atomic E-state index is -0.0531. The Labute approximate surface area is 76.0 Å². The molecule has 0 saturated carbocycles. The van der Waals surface area contributed by atoms with E-state index >= 15 is 0 Å². The third-order valence-corrected chi connectivity index (χ3v) is 2.82. The fourth-order valence-corrected chi connectivity index (χ4v) is 1.20. The second-order valence-electron chi connectivity index (χ2n) is 2.06. The third kappa shape index (κ3) is 1.62. The first-order valence-electron chi connectivity index (χ1n) is 2.81. The number of rotatable bonds is 1. The summed E-state index contributed by atoms with van der Waals surface area (Å²) in [7, 11) is 0. The minimum absolute atomic E-state index is 0.0531. The van der Waals surface area contributed by atoms with Crippen molar-refractivity contribution in [1.82, 2.24) is 0 Å². The van der Waals surface area contributed by atoms with Crippen LogP contribution >= 0.6 is 31.9 Å². The molecule has 2 N–H and O–H groups in total. The van der Waals surface area contributed by atoms with Crippen LogP contribution in [0.2, 0.25) is 0 Å². The summed E-state index contributed by atoms with van der Waals surface area (Å²) in [6, 6.07) is 1.80. The molecule has 0 fully saturated rings. The van der Waals surface area contributed by atoms with E-state index in [1.807, 2.05) is 13.0 Å². The lowest BCUT2D eigenvalue weighted by Crippen LogP contribution is -2.02. The third-order valence-electron chi connectivity index (χ3n) is 1.11. The molecule has 0 radical (unpaired) electrons. The van der Waals surface area contributed by atoms with Gasteiger partial charge in [-0.1, -0.05) is 0 Å². The van der Waals surface area contributed by atoms with Gasteiger partial charge in [0.25, 0.3) is 0 Å². The summed E-state index contributed by atoms with van der Waals surface area (Å²) < 4.78 is 6.82. The first-order chi connectivity index (χ1) is 4.61. The van der Waals surface area contributed by atoms with Crippen LogP contribution in [-0.2, 0) is 0 Å². The summed E-state index contributed by atoms with van der Waals surface area (Å²) in [6.45, 7) is 1.87. The van der Waals surface area contributed by atoms with E-state index in [9.17, 15) is 0 Å². The Hall–Kier alpha value is 0.200. The predicted octanol–water partition coefficient (Wildman–Crippen LogP) is 2.82. The molecule has 1 atom stereocenters. The Morgan fingerprint density at radius 2 is 2.20 bits per heavy atom. The summed E-state index contributed by atoms with van der Waals surface area (Å²) in [5, 5.41) is 0. The minimum Gasteiger partial charge on any atom is -0.451 e. The number of hydrogen-bond donors (Lipinski definition) is 1. The fraction of sp³-hybridized carbons (Fsp3) is 0.333. The zero-order valence-corrected chi connectivity index (χ0v) is 8.57. The standard InChI is InChI=1S/C6H7Br2NO/c1-3(9)5-2-4(7)6(8)10-5/h2-3H,9H2,1H3. The maximum absolute atomic E-state index is 5.56. The van der Waals surface area contributed by atoms with Gasteiger partial charge in [0.05, 0.1) is 10.5 Å². The van der Waals surface area contributed by atoms with Crippen LogP contribution in [0.1, 0.15) is 18.7 Å². The van der Waals surface area contributed by atoms with Crippen molar-refractivity contribution in [3.8, 4) is 0 Å². The second-order valence-corrected chi connectivity index (χ2v) is 3.63. The molecule has 1 aromatic rings. The lowest BCUT2D eigenvalue weighted by molar-refractivity contribution is 0.460. The average molecular weight is 269 g/mol. The quantitative estimate of drug-likeness (QED) is 0.851. The van der Waals surface area contributed by atoms with E-state index in [-0.39, 0.29) is 6.04 Å². The van der Waals surface area contributed by atoms with Gasteiger partial charge in [0, 0.05) is 0 Å². The van der Waals surface area contributed by atoms with Gasteiger partial charge in [-0.15, -0.1) is 0 Å². The summed E-state index contributed by atoms with van der Waals surface area (Å²) in [5.41, 5.74) is 5.56. The van der Waals surface area contributed by atoms with Crippen LogP contribution in [0.15, 0.2) is 19.6 Å². The monoisotopic (exact) mass is 267 g/mol. The van der Waals surface area contributed by atoms with Crippen LogP contribution in [0, 0.1) is 0 Å². The highest BCUT2D eigenvalue weighted by Crippen LogP contribution is 2.28. The molecule has 0 aromatic carbocycles. The molecule has 0 aliphatic carbocycles. The van der Waals surface area contributed by atoms with E-state index in [1.165, 1.54) is 0 Å². The molecule has 0 aliphatic heterocycles. The maximum atomic E-state index is 5.56. The van der Waals surface area contributed by atoms with Gasteiger partial charge in [0.1, 0.15) is 5.76 Å². The van der Waals surface area contributed by atoms with Crippen molar-refractivity contribution in [2.24, 2.45) is 5.73 Å². The van der Waals surface area contributed by atoms with Crippen molar-refractivity contribution in [1.29, 1.82) is 0 Å². The van der Waals surface area contributed by atoms with Gasteiger partial charge >= 0.3 is 0 Å². The Morgan fingerprint density at radius 1 is 1.60 bits per heavy atom. The highest BCUT2D eigenvalue weighted by atomic mass is 79.9. The average Bonchev–Trinajstić information content (AvgIpc) is 2.13. The van der Waals surface area contributed by atoms with Crippen molar-refractivity contribution in [3.05, 3.63) is 21.0 Å². The highest BCUT2D eigenvalue weighted by Gasteiger charge is 2.08.